The van der Waals surface area contributed by atoms with Gasteiger partial charge in [-0.25, -0.2) is 0 Å². The zero-order valence-electron chi connectivity index (χ0n) is 6.31. The molecule has 0 spiro atoms. The van der Waals surface area contributed by atoms with Crippen LogP contribution >= 0.6 is 22.6 Å². The molecule has 0 unspecified atom stereocenters. The van der Waals surface area contributed by atoms with Crippen LogP contribution in [0.4, 0.5) is 0 Å². The van der Waals surface area contributed by atoms with Gasteiger partial charge in [0.1, 0.15) is 0 Å². The highest BCUT2D eigenvalue weighted by atomic mass is 127. The van der Waals surface area contributed by atoms with Crippen LogP contribution in [-0.2, 0) is 0 Å². The largest absolute Gasteiger partial charge is 0.303 e. The molecule has 0 atom stereocenters. The number of hydrogen-bond acceptors (Lipinski definition) is 2. The second-order valence-corrected chi connectivity index (χ2v) is 3.26. The van der Waals surface area contributed by atoms with Crippen molar-refractivity contribution in [3.63, 3.8) is 0 Å². The van der Waals surface area contributed by atoms with Gasteiger partial charge < -0.3 is 5.41 Å². The van der Waals surface area contributed by atoms with E-state index in [1.165, 1.54) is 6.42 Å². The summed E-state index contributed by atoms with van der Waals surface area (Å²) in [5.41, 5.74) is 1.70. The molecular formula is C8H11IN2. The molecule has 3 heteroatoms. The number of rotatable bonds is 1. The average Bonchev–Trinajstić information content (AvgIpc) is 2.03. The highest BCUT2D eigenvalue weighted by molar-refractivity contribution is 14.1. The van der Waals surface area contributed by atoms with Crippen LogP contribution in [-0.4, -0.2) is 11.4 Å². The van der Waals surface area contributed by atoms with Gasteiger partial charge in [0.25, 0.3) is 0 Å². The number of halogens is 1. The Morgan fingerprint density at radius 3 is 2.73 bits per heavy atom. The van der Waals surface area contributed by atoms with E-state index in [9.17, 15) is 0 Å². The SMILES string of the molecule is N=C1CCCC/C1=N/C=C\I. The standard InChI is InChI=1S/C8H11IN2/c9-5-6-11-8-4-2-1-3-7(8)10/h5-6,10H,1-4H2/b6-5-,10-7?,11-8-. The molecular weight excluding hydrogens is 251 g/mol. The van der Waals surface area contributed by atoms with E-state index < -0.39 is 0 Å². The van der Waals surface area contributed by atoms with E-state index in [1.54, 1.807) is 6.20 Å². The Balaban J connectivity index is 2.61. The average molecular weight is 262 g/mol. The monoisotopic (exact) mass is 262 g/mol. The van der Waals surface area contributed by atoms with Crippen molar-refractivity contribution >= 4 is 34.0 Å². The minimum atomic E-state index is 0.728. The van der Waals surface area contributed by atoms with E-state index in [0.717, 1.165) is 30.7 Å². The number of aliphatic imine (C=N–C) groups is 1. The van der Waals surface area contributed by atoms with E-state index in [0.29, 0.717) is 0 Å². The van der Waals surface area contributed by atoms with Gasteiger partial charge in [0, 0.05) is 6.20 Å². The van der Waals surface area contributed by atoms with Gasteiger partial charge in [0.2, 0.25) is 0 Å². The molecule has 0 heterocycles. The summed E-state index contributed by atoms with van der Waals surface area (Å²) in [7, 11) is 0. The van der Waals surface area contributed by atoms with E-state index in [1.807, 2.05) is 4.08 Å². The summed E-state index contributed by atoms with van der Waals surface area (Å²) in [5, 5.41) is 7.56. The Hall–Kier alpha value is -0.190. The van der Waals surface area contributed by atoms with Crippen molar-refractivity contribution < 1.29 is 0 Å². The maximum atomic E-state index is 7.56. The van der Waals surface area contributed by atoms with Crippen LogP contribution in [0.1, 0.15) is 25.7 Å². The van der Waals surface area contributed by atoms with E-state index in [4.69, 9.17) is 5.41 Å². The fourth-order valence-corrected chi connectivity index (χ4v) is 1.31. The lowest BCUT2D eigenvalue weighted by Gasteiger charge is -2.12. The molecule has 0 saturated heterocycles. The minimum absolute atomic E-state index is 0.728. The summed E-state index contributed by atoms with van der Waals surface area (Å²) in [4.78, 5) is 4.19. The maximum Gasteiger partial charge on any atom is 0.0611 e. The molecule has 1 aliphatic rings. The Morgan fingerprint density at radius 2 is 2.09 bits per heavy atom. The van der Waals surface area contributed by atoms with Crippen molar-refractivity contribution in [1.82, 2.24) is 0 Å². The second kappa shape index (κ2) is 4.64. The summed E-state index contributed by atoms with van der Waals surface area (Å²) in [6.45, 7) is 0. The third-order valence-corrected chi connectivity index (χ3v) is 2.05. The number of nitrogens with one attached hydrogen (secondary N) is 1. The summed E-state index contributed by atoms with van der Waals surface area (Å²) in [5.74, 6) is 0. The molecule has 2 nitrogen and oxygen atoms in total. The Bertz CT molecular complexity index is 206. The Kier molecular flexibility index (Phi) is 3.76. The van der Waals surface area contributed by atoms with Crippen LogP contribution in [0.2, 0.25) is 0 Å². The second-order valence-electron chi connectivity index (χ2n) is 2.54. The first-order valence-electron chi connectivity index (χ1n) is 3.74. The molecule has 0 aromatic carbocycles. The zero-order chi connectivity index (χ0) is 8.10. The highest BCUT2D eigenvalue weighted by Crippen LogP contribution is 2.12. The Morgan fingerprint density at radius 1 is 1.36 bits per heavy atom. The smallest absolute Gasteiger partial charge is 0.0611 e. The highest BCUT2D eigenvalue weighted by Gasteiger charge is 2.11. The van der Waals surface area contributed by atoms with Crippen LogP contribution in [0.25, 0.3) is 0 Å². The van der Waals surface area contributed by atoms with Crippen molar-refractivity contribution in [2.75, 3.05) is 0 Å². The predicted molar refractivity (Wildman–Crippen MR) is 56.8 cm³/mol. The fourth-order valence-electron chi connectivity index (χ4n) is 1.15. The van der Waals surface area contributed by atoms with E-state index in [-0.39, 0.29) is 0 Å². The van der Waals surface area contributed by atoms with Gasteiger partial charge in [-0.2, -0.15) is 0 Å². The molecule has 11 heavy (non-hydrogen) atoms. The summed E-state index contributed by atoms with van der Waals surface area (Å²) < 4.78 is 1.87. The molecule has 1 fully saturated rings. The van der Waals surface area contributed by atoms with Crippen molar-refractivity contribution in [2.45, 2.75) is 25.7 Å². The van der Waals surface area contributed by atoms with Crippen molar-refractivity contribution in [1.29, 1.82) is 5.41 Å². The van der Waals surface area contributed by atoms with Gasteiger partial charge >= 0.3 is 0 Å². The maximum absolute atomic E-state index is 7.56. The molecule has 1 N–H and O–H groups in total. The first-order valence-corrected chi connectivity index (χ1v) is 4.99. The minimum Gasteiger partial charge on any atom is -0.303 e. The molecule has 0 amide bonds. The van der Waals surface area contributed by atoms with Crippen molar-refractivity contribution in [3.8, 4) is 0 Å². The predicted octanol–water partition coefficient (Wildman–Crippen LogP) is 2.93. The first kappa shape index (κ1) is 8.90. The molecule has 0 bridgehead atoms. The van der Waals surface area contributed by atoms with Crippen molar-refractivity contribution in [3.05, 3.63) is 10.3 Å². The third-order valence-electron chi connectivity index (χ3n) is 1.73. The van der Waals surface area contributed by atoms with Crippen LogP contribution in [0.15, 0.2) is 15.3 Å². The van der Waals surface area contributed by atoms with Gasteiger partial charge in [0.05, 0.1) is 11.4 Å². The molecule has 60 valence electrons. The lowest BCUT2D eigenvalue weighted by Crippen LogP contribution is -2.17. The normalized spacial score (nSPS) is 23.4. The van der Waals surface area contributed by atoms with Gasteiger partial charge in [-0.1, -0.05) is 22.6 Å². The Labute approximate surface area is 80.4 Å². The summed E-state index contributed by atoms with van der Waals surface area (Å²) >= 11 is 2.13. The van der Waals surface area contributed by atoms with E-state index in [2.05, 4.69) is 27.6 Å². The number of nitrogens with zero attached hydrogens (tertiary/aromatic N) is 1. The van der Waals surface area contributed by atoms with Crippen molar-refractivity contribution in [2.24, 2.45) is 4.99 Å². The molecule has 1 rings (SSSR count). The molecule has 0 aromatic heterocycles. The van der Waals surface area contributed by atoms with E-state index >= 15 is 0 Å². The van der Waals surface area contributed by atoms with Crippen LogP contribution < -0.4 is 0 Å². The fraction of sp³-hybridized carbons (Fsp3) is 0.500. The summed E-state index contributed by atoms with van der Waals surface area (Å²) in [6.07, 6.45) is 6.01. The van der Waals surface area contributed by atoms with Gasteiger partial charge in [-0.05, 0) is 29.8 Å². The molecule has 0 aromatic rings. The third kappa shape index (κ3) is 2.73. The number of hydrogen-bond donors (Lipinski definition) is 1. The van der Waals surface area contributed by atoms with Gasteiger partial charge in [0.15, 0.2) is 0 Å². The van der Waals surface area contributed by atoms with Crippen LogP contribution in [0, 0.1) is 5.41 Å². The quantitative estimate of drug-likeness (QED) is 0.705. The van der Waals surface area contributed by atoms with Gasteiger partial charge in [-0.3, -0.25) is 4.99 Å². The lowest BCUT2D eigenvalue weighted by molar-refractivity contribution is 0.774. The topological polar surface area (TPSA) is 36.2 Å². The lowest BCUT2D eigenvalue weighted by atomic mass is 9.96. The molecule has 1 saturated carbocycles. The zero-order valence-corrected chi connectivity index (χ0v) is 8.47. The first-order chi connectivity index (χ1) is 5.34. The van der Waals surface area contributed by atoms with Crippen LogP contribution in [0.3, 0.4) is 0 Å². The summed E-state index contributed by atoms with van der Waals surface area (Å²) in [6, 6.07) is 0. The molecule has 1 aliphatic carbocycles. The molecule has 0 radical (unpaired) electrons. The van der Waals surface area contributed by atoms with Gasteiger partial charge in [-0.15, -0.1) is 0 Å². The van der Waals surface area contributed by atoms with Crippen LogP contribution in [0.5, 0.6) is 0 Å². The molecule has 0 aliphatic heterocycles.